The zero-order valence-corrected chi connectivity index (χ0v) is 12.8. The number of quaternary nitrogens is 1. The van der Waals surface area contributed by atoms with Crippen LogP contribution in [0.4, 0.5) is 4.79 Å². The molecule has 116 valence electrons. The van der Waals surface area contributed by atoms with Gasteiger partial charge in [-0.05, 0) is 13.8 Å². The molecule has 0 aliphatic heterocycles. The standard InChI is InChI=1S/C15H23N3O3/c1-4-16-15(20)18-14(19)13(17-11(2)10-21-3)12-8-6-5-7-9-12/h5-9,11,13,17H,4,10H2,1-3H3,(H2,16,18,19,20)/p+1/t11-,13+/m0/s1. The summed E-state index contributed by atoms with van der Waals surface area (Å²) < 4.78 is 5.10. The van der Waals surface area contributed by atoms with Crippen LogP contribution in [0, 0.1) is 0 Å². The highest BCUT2D eigenvalue weighted by Gasteiger charge is 2.27. The molecule has 6 heteroatoms. The number of benzene rings is 1. The minimum atomic E-state index is -0.487. The third-order valence-electron chi connectivity index (χ3n) is 2.97. The first-order valence-corrected chi connectivity index (χ1v) is 7.06. The van der Waals surface area contributed by atoms with E-state index in [-0.39, 0.29) is 11.9 Å². The Bertz CT molecular complexity index is 451. The number of urea groups is 1. The Labute approximate surface area is 125 Å². The number of carbonyl (C=O) groups is 2. The van der Waals surface area contributed by atoms with Gasteiger partial charge in [-0.25, -0.2) is 4.79 Å². The van der Waals surface area contributed by atoms with Gasteiger partial charge in [0.2, 0.25) is 0 Å². The highest BCUT2D eigenvalue weighted by molar-refractivity contribution is 5.96. The zero-order valence-electron chi connectivity index (χ0n) is 12.8. The molecule has 1 aromatic carbocycles. The monoisotopic (exact) mass is 294 g/mol. The molecule has 0 bridgehead atoms. The van der Waals surface area contributed by atoms with Crippen molar-refractivity contribution in [2.75, 3.05) is 20.3 Å². The number of carbonyl (C=O) groups excluding carboxylic acids is 2. The van der Waals surface area contributed by atoms with Gasteiger partial charge in [-0.1, -0.05) is 30.3 Å². The van der Waals surface area contributed by atoms with Crippen LogP contribution in [0.25, 0.3) is 0 Å². The van der Waals surface area contributed by atoms with E-state index in [0.717, 1.165) is 5.56 Å². The van der Waals surface area contributed by atoms with Crippen LogP contribution in [0.1, 0.15) is 25.5 Å². The molecule has 0 saturated carbocycles. The van der Waals surface area contributed by atoms with Crippen LogP contribution >= 0.6 is 0 Å². The molecule has 0 aliphatic rings. The fraction of sp³-hybridized carbons (Fsp3) is 0.467. The quantitative estimate of drug-likeness (QED) is 0.670. The Morgan fingerprint density at radius 2 is 1.95 bits per heavy atom. The predicted octanol–water partition coefficient (Wildman–Crippen LogP) is 0.172. The molecule has 1 aromatic rings. The van der Waals surface area contributed by atoms with Crippen molar-refractivity contribution in [1.82, 2.24) is 10.6 Å². The van der Waals surface area contributed by atoms with Gasteiger partial charge in [0.1, 0.15) is 6.04 Å². The van der Waals surface area contributed by atoms with E-state index in [4.69, 9.17) is 4.74 Å². The number of rotatable bonds is 7. The van der Waals surface area contributed by atoms with E-state index in [1.54, 1.807) is 14.0 Å². The fourth-order valence-corrected chi connectivity index (χ4v) is 2.05. The summed E-state index contributed by atoms with van der Waals surface area (Å²) in [6.45, 7) is 4.76. The third-order valence-corrected chi connectivity index (χ3v) is 2.97. The van der Waals surface area contributed by atoms with Crippen LogP contribution in [0.15, 0.2) is 30.3 Å². The Morgan fingerprint density at radius 1 is 1.29 bits per heavy atom. The van der Waals surface area contributed by atoms with Crippen molar-refractivity contribution < 1.29 is 19.6 Å². The van der Waals surface area contributed by atoms with Crippen molar-refractivity contribution in [3.05, 3.63) is 35.9 Å². The maximum absolute atomic E-state index is 12.3. The lowest BCUT2D eigenvalue weighted by molar-refractivity contribution is -0.714. The predicted molar refractivity (Wildman–Crippen MR) is 79.7 cm³/mol. The molecule has 3 amide bonds. The second-order valence-electron chi connectivity index (χ2n) is 4.86. The summed E-state index contributed by atoms with van der Waals surface area (Å²) in [6.07, 6.45) is 0. The number of amides is 3. The zero-order chi connectivity index (χ0) is 15.7. The van der Waals surface area contributed by atoms with Crippen molar-refractivity contribution in [1.29, 1.82) is 0 Å². The van der Waals surface area contributed by atoms with Gasteiger partial charge < -0.3 is 15.4 Å². The number of nitrogens with one attached hydrogen (secondary N) is 2. The molecule has 2 atom stereocenters. The van der Waals surface area contributed by atoms with Crippen LogP contribution < -0.4 is 16.0 Å². The smallest absolute Gasteiger partial charge is 0.321 e. The maximum Gasteiger partial charge on any atom is 0.321 e. The Kier molecular flexibility index (Phi) is 7.42. The summed E-state index contributed by atoms with van der Waals surface area (Å²) in [5.74, 6) is -0.338. The number of methoxy groups -OCH3 is 1. The highest BCUT2D eigenvalue weighted by Crippen LogP contribution is 2.08. The van der Waals surface area contributed by atoms with Crippen LogP contribution in [-0.2, 0) is 9.53 Å². The average molecular weight is 294 g/mol. The lowest BCUT2D eigenvalue weighted by Gasteiger charge is -2.19. The largest absolute Gasteiger partial charge is 0.379 e. The van der Waals surface area contributed by atoms with E-state index in [9.17, 15) is 9.59 Å². The first kappa shape index (κ1) is 17.1. The van der Waals surface area contributed by atoms with Gasteiger partial charge in [0.05, 0.1) is 6.61 Å². The van der Waals surface area contributed by atoms with Crippen molar-refractivity contribution in [2.24, 2.45) is 0 Å². The van der Waals surface area contributed by atoms with Gasteiger partial charge >= 0.3 is 6.03 Å². The molecular weight excluding hydrogens is 270 g/mol. The molecular formula is C15H24N3O3+. The first-order chi connectivity index (χ1) is 10.1. The number of imide groups is 1. The summed E-state index contributed by atoms with van der Waals surface area (Å²) in [7, 11) is 1.62. The second-order valence-corrected chi connectivity index (χ2v) is 4.86. The summed E-state index contributed by atoms with van der Waals surface area (Å²) in [6, 6.07) is 8.51. The second kappa shape index (κ2) is 9.10. The Morgan fingerprint density at radius 3 is 2.52 bits per heavy atom. The summed E-state index contributed by atoms with van der Waals surface area (Å²) in [5, 5.41) is 6.81. The van der Waals surface area contributed by atoms with Crippen LogP contribution in [0.5, 0.6) is 0 Å². The first-order valence-electron chi connectivity index (χ1n) is 7.06. The molecule has 4 N–H and O–H groups in total. The average Bonchev–Trinajstić information content (AvgIpc) is 2.46. The van der Waals surface area contributed by atoms with E-state index in [1.165, 1.54) is 0 Å². The topological polar surface area (TPSA) is 84.0 Å². The number of nitrogens with two attached hydrogens (primary N) is 1. The van der Waals surface area contributed by atoms with Gasteiger partial charge in [0.15, 0.2) is 6.04 Å². The molecule has 0 unspecified atom stereocenters. The van der Waals surface area contributed by atoms with E-state index in [1.807, 2.05) is 42.6 Å². The van der Waals surface area contributed by atoms with Crippen LogP contribution in [0.3, 0.4) is 0 Å². The van der Waals surface area contributed by atoms with E-state index in [2.05, 4.69) is 10.6 Å². The Balaban J connectivity index is 2.81. The molecule has 1 rings (SSSR count). The SMILES string of the molecule is CCNC(=O)NC(=O)[C@H]([NH2+][C@@H](C)COC)c1ccccc1. The van der Waals surface area contributed by atoms with Crippen molar-refractivity contribution in [2.45, 2.75) is 25.9 Å². The molecule has 0 fully saturated rings. The summed E-state index contributed by atoms with van der Waals surface area (Å²) in [5.41, 5.74) is 0.849. The lowest BCUT2D eigenvalue weighted by Crippen LogP contribution is -2.93. The number of hydrogen-bond donors (Lipinski definition) is 3. The van der Waals surface area contributed by atoms with Gasteiger partial charge in [-0.3, -0.25) is 10.1 Å². The third kappa shape index (κ3) is 5.93. The van der Waals surface area contributed by atoms with E-state index in [0.29, 0.717) is 13.2 Å². The molecule has 0 aliphatic carbocycles. The van der Waals surface area contributed by atoms with Crippen molar-refractivity contribution in [3.8, 4) is 0 Å². The number of hydrogen-bond acceptors (Lipinski definition) is 3. The molecule has 0 spiro atoms. The molecule has 6 nitrogen and oxygen atoms in total. The van der Waals surface area contributed by atoms with Crippen molar-refractivity contribution >= 4 is 11.9 Å². The lowest BCUT2D eigenvalue weighted by atomic mass is 10.1. The molecule has 0 radical (unpaired) electrons. The van der Waals surface area contributed by atoms with Gasteiger partial charge in [-0.2, -0.15) is 0 Å². The minimum absolute atomic E-state index is 0.0974. The van der Waals surface area contributed by atoms with Crippen LogP contribution in [0.2, 0.25) is 0 Å². The van der Waals surface area contributed by atoms with Gasteiger partial charge in [-0.15, -0.1) is 0 Å². The normalized spacial score (nSPS) is 13.3. The minimum Gasteiger partial charge on any atom is -0.379 e. The maximum atomic E-state index is 12.3. The van der Waals surface area contributed by atoms with Crippen LogP contribution in [-0.4, -0.2) is 38.2 Å². The molecule has 0 heterocycles. The summed E-state index contributed by atoms with van der Waals surface area (Å²) >= 11 is 0. The molecule has 21 heavy (non-hydrogen) atoms. The highest BCUT2D eigenvalue weighted by atomic mass is 16.5. The van der Waals surface area contributed by atoms with Gasteiger partial charge in [0.25, 0.3) is 5.91 Å². The number of ether oxygens (including phenoxy) is 1. The molecule has 0 aromatic heterocycles. The Hall–Kier alpha value is -1.92. The summed E-state index contributed by atoms with van der Waals surface area (Å²) in [4.78, 5) is 23.8. The van der Waals surface area contributed by atoms with Crippen molar-refractivity contribution in [3.63, 3.8) is 0 Å². The fourth-order valence-electron chi connectivity index (χ4n) is 2.05. The van der Waals surface area contributed by atoms with Gasteiger partial charge in [0, 0.05) is 19.2 Å². The molecule has 0 saturated heterocycles. The van der Waals surface area contributed by atoms with E-state index < -0.39 is 12.1 Å². The van der Waals surface area contributed by atoms with E-state index >= 15 is 0 Å².